The minimum Gasteiger partial charge on any atom is -0.379 e. The average Bonchev–Trinajstić information content (AvgIpc) is 2.95. The number of para-hydroxylation sites is 2. The van der Waals surface area contributed by atoms with Gasteiger partial charge in [-0.15, -0.1) is 0 Å². The van der Waals surface area contributed by atoms with Crippen molar-refractivity contribution in [2.75, 3.05) is 65.6 Å². The van der Waals surface area contributed by atoms with E-state index in [1.807, 2.05) is 60.4 Å². The van der Waals surface area contributed by atoms with Gasteiger partial charge in [-0.1, -0.05) is 29.8 Å². The number of ether oxygens (including phenoxy) is 2. The van der Waals surface area contributed by atoms with Crippen molar-refractivity contribution in [3.8, 4) is 0 Å². The van der Waals surface area contributed by atoms with Crippen molar-refractivity contribution in [1.29, 1.82) is 0 Å². The van der Waals surface area contributed by atoms with Gasteiger partial charge in [0.2, 0.25) is 0 Å². The number of hydrogen-bond acceptors (Lipinski definition) is 7. The van der Waals surface area contributed by atoms with Crippen LogP contribution in [0.25, 0.3) is 11.0 Å². The van der Waals surface area contributed by atoms with Gasteiger partial charge in [-0.25, -0.2) is 4.98 Å². The molecule has 3 heterocycles. The maximum atomic E-state index is 13.5. The van der Waals surface area contributed by atoms with Crippen LogP contribution >= 0.6 is 0 Å². The van der Waals surface area contributed by atoms with E-state index in [0.29, 0.717) is 62.8 Å². The zero-order valence-electron chi connectivity index (χ0n) is 21.2. The lowest BCUT2D eigenvalue weighted by molar-refractivity contribution is -0.0348. The zero-order valence-corrected chi connectivity index (χ0v) is 21.2. The van der Waals surface area contributed by atoms with Crippen LogP contribution in [-0.4, -0.2) is 108 Å². The summed E-state index contributed by atoms with van der Waals surface area (Å²) in [4.78, 5) is 41.6. The van der Waals surface area contributed by atoms with Gasteiger partial charge in [-0.2, -0.15) is 0 Å². The molecule has 2 aliphatic rings. The highest BCUT2D eigenvalue weighted by molar-refractivity contribution is 5.95. The fourth-order valence-electron chi connectivity index (χ4n) is 4.72. The second-order valence-corrected chi connectivity index (χ2v) is 9.56. The molecule has 2 amide bonds. The highest BCUT2D eigenvalue weighted by atomic mass is 16.5. The number of nitrogens with zero attached hydrogens (tertiary/aromatic N) is 5. The van der Waals surface area contributed by atoms with Gasteiger partial charge in [-0.05, 0) is 31.2 Å². The Morgan fingerprint density at radius 3 is 2.54 bits per heavy atom. The number of morpholine rings is 2. The number of carbonyl (C=O) groups is 2. The van der Waals surface area contributed by atoms with Gasteiger partial charge in [0.1, 0.15) is 5.69 Å². The summed E-state index contributed by atoms with van der Waals surface area (Å²) in [6.07, 6.45) is 1.25. The van der Waals surface area contributed by atoms with Crippen molar-refractivity contribution >= 4 is 22.8 Å². The van der Waals surface area contributed by atoms with Gasteiger partial charge in [0.25, 0.3) is 11.8 Å². The predicted octanol–water partition coefficient (Wildman–Crippen LogP) is 2.25. The summed E-state index contributed by atoms with van der Waals surface area (Å²) >= 11 is 0. The van der Waals surface area contributed by atoms with E-state index in [0.717, 1.165) is 30.7 Å². The van der Waals surface area contributed by atoms with Crippen molar-refractivity contribution < 1.29 is 19.1 Å². The molecule has 2 saturated heterocycles. The molecule has 0 bridgehead atoms. The lowest BCUT2D eigenvalue weighted by Crippen LogP contribution is -2.52. The van der Waals surface area contributed by atoms with Gasteiger partial charge in [0, 0.05) is 51.4 Å². The molecule has 2 aliphatic heterocycles. The van der Waals surface area contributed by atoms with Crippen molar-refractivity contribution in [3.63, 3.8) is 0 Å². The number of hydrogen-bond donors (Lipinski definition) is 0. The monoisotopic (exact) mass is 503 g/mol. The third kappa shape index (κ3) is 6.30. The first-order valence-electron chi connectivity index (χ1n) is 12.9. The van der Waals surface area contributed by atoms with Crippen molar-refractivity contribution in [2.45, 2.75) is 13.0 Å². The number of aryl methyl sites for hydroxylation is 1. The SMILES string of the molecule is Cc1ccc(C(=O)N(CCN2CCOCC2)CC2CN(C(=O)c3cnc4ccccc4n3)CCO2)cc1. The Morgan fingerprint density at radius 1 is 1.00 bits per heavy atom. The number of aromatic nitrogens is 2. The maximum absolute atomic E-state index is 13.5. The molecular weight excluding hydrogens is 470 g/mol. The molecule has 1 unspecified atom stereocenters. The molecule has 0 spiro atoms. The second kappa shape index (κ2) is 11.8. The molecule has 2 aromatic carbocycles. The van der Waals surface area contributed by atoms with E-state index in [-0.39, 0.29) is 17.9 Å². The van der Waals surface area contributed by atoms with Crippen LogP contribution in [0.4, 0.5) is 0 Å². The molecule has 0 radical (unpaired) electrons. The molecule has 0 N–H and O–H groups in total. The average molecular weight is 504 g/mol. The Morgan fingerprint density at radius 2 is 1.76 bits per heavy atom. The van der Waals surface area contributed by atoms with Crippen LogP contribution in [0.2, 0.25) is 0 Å². The largest absolute Gasteiger partial charge is 0.379 e. The summed E-state index contributed by atoms with van der Waals surface area (Å²) in [7, 11) is 0. The van der Waals surface area contributed by atoms with Crippen LogP contribution in [0.3, 0.4) is 0 Å². The van der Waals surface area contributed by atoms with Crippen LogP contribution in [-0.2, 0) is 9.47 Å². The minimum atomic E-state index is -0.287. The molecule has 0 saturated carbocycles. The number of benzene rings is 2. The summed E-state index contributed by atoms with van der Waals surface area (Å²) in [5.41, 5.74) is 3.53. The van der Waals surface area contributed by atoms with Crippen LogP contribution < -0.4 is 0 Å². The van der Waals surface area contributed by atoms with Crippen LogP contribution in [0, 0.1) is 6.92 Å². The van der Waals surface area contributed by atoms with E-state index in [4.69, 9.17) is 9.47 Å². The molecule has 2 fully saturated rings. The molecule has 37 heavy (non-hydrogen) atoms. The number of amides is 2. The summed E-state index contributed by atoms with van der Waals surface area (Å²) in [6, 6.07) is 15.2. The number of fused-ring (bicyclic) bond motifs is 1. The quantitative estimate of drug-likeness (QED) is 0.489. The molecule has 194 valence electrons. The van der Waals surface area contributed by atoms with Gasteiger partial charge < -0.3 is 19.3 Å². The van der Waals surface area contributed by atoms with E-state index in [2.05, 4.69) is 14.9 Å². The van der Waals surface area contributed by atoms with Gasteiger partial charge in [-0.3, -0.25) is 19.5 Å². The Kier molecular flexibility index (Phi) is 8.03. The van der Waals surface area contributed by atoms with E-state index >= 15 is 0 Å². The summed E-state index contributed by atoms with van der Waals surface area (Å²) in [5, 5.41) is 0. The lowest BCUT2D eigenvalue weighted by Gasteiger charge is -2.36. The molecule has 9 heteroatoms. The van der Waals surface area contributed by atoms with Crippen LogP contribution in [0.5, 0.6) is 0 Å². The highest BCUT2D eigenvalue weighted by Gasteiger charge is 2.29. The number of carbonyl (C=O) groups excluding carboxylic acids is 2. The number of rotatable bonds is 7. The van der Waals surface area contributed by atoms with Gasteiger partial charge >= 0.3 is 0 Å². The molecule has 0 aliphatic carbocycles. The first-order valence-corrected chi connectivity index (χ1v) is 12.9. The zero-order chi connectivity index (χ0) is 25.6. The van der Waals surface area contributed by atoms with Crippen molar-refractivity contribution in [2.24, 2.45) is 0 Å². The first-order chi connectivity index (χ1) is 18.1. The van der Waals surface area contributed by atoms with E-state index in [1.54, 1.807) is 4.90 Å². The highest BCUT2D eigenvalue weighted by Crippen LogP contribution is 2.15. The topological polar surface area (TPSA) is 88.1 Å². The van der Waals surface area contributed by atoms with Crippen molar-refractivity contribution in [1.82, 2.24) is 24.7 Å². The van der Waals surface area contributed by atoms with E-state index in [9.17, 15) is 9.59 Å². The smallest absolute Gasteiger partial charge is 0.274 e. The van der Waals surface area contributed by atoms with E-state index < -0.39 is 0 Å². The van der Waals surface area contributed by atoms with E-state index in [1.165, 1.54) is 6.20 Å². The molecule has 1 atom stereocenters. The predicted molar refractivity (Wildman–Crippen MR) is 140 cm³/mol. The van der Waals surface area contributed by atoms with Crippen LogP contribution in [0.15, 0.2) is 54.7 Å². The normalized spacial score (nSPS) is 18.6. The molecule has 1 aromatic heterocycles. The molecule has 9 nitrogen and oxygen atoms in total. The van der Waals surface area contributed by atoms with Crippen molar-refractivity contribution in [3.05, 3.63) is 71.5 Å². The molecule has 5 rings (SSSR count). The first kappa shape index (κ1) is 25.3. The summed E-state index contributed by atoms with van der Waals surface area (Å²) < 4.78 is 11.5. The summed E-state index contributed by atoms with van der Waals surface area (Å²) in [5.74, 6) is -0.197. The fraction of sp³-hybridized carbons (Fsp3) is 0.429. The second-order valence-electron chi connectivity index (χ2n) is 9.56. The fourth-order valence-corrected chi connectivity index (χ4v) is 4.72. The Labute approximate surface area is 217 Å². The maximum Gasteiger partial charge on any atom is 0.274 e. The Bertz CT molecular complexity index is 1230. The Hall–Kier alpha value is -3.40. The van der Waals surface area contributed by atoms with Crippen LogP contribution in [0.1, 0.15) is 26.4 Å². The molecule has 3 aromatic rings. The van der Waals surface area contributed by atoms with Gasteiger partial charge in [0.15, 0.2) is 0 Å². The minimum absolute atomic E-state index is 0.0271. The third-order valence-corrected chi connectivity index (χ3v) is 6.89. The lowest BCUT2D eigenvalue weighted by atomic mass is 10.1. The molecular formula is C28H33N5O4. The van der Waals surface area contributed by atoms with Gasteiger partial charge in [0.05, 0.1) is 43.2 Å². The standard InChI is InChI=1S/C28H33N5O4/c1-21-6-8-22(9-7-21)27(34)32(11-10-31-12-15-36-16-13-31)19-23-20-33(14-17-37-23)28(35)26-18-29-24-4-2-3-5-25(24)30-26/h2-9,18,23H,10-17,19-20H2,1H3. The third-order valence-electron chi connectivity index (χ3n) is 6.89. The Balaban J connectivity index is 1.27. The summed E-state index contributed by atoms with van der Waals surface area (Å²) in [6.45, 7) is 8.19.